The number of unbranched alkanes of at least 4 members (excludes halogenated alkanes) is 2. The van der Waals surface area contributed by atoms with Gasteiger partial charge in [-0.15, -0.1) is 10.1 Å². The number of carbonyl (C=O) groups excluding carboxylic acids is 1. The fourth-order valence-electron chi connectivity index (χ4n) is 4.73. The smallest absolute Gasteiger partial charge is 0.299 e. The molecule has 1 aromatic rings. The highest BCUT2D eigenvalue weighted by Crippen LogP contribution is 2.23. The van der Waals surface area contributed by atoms with Crippen molar-refractivity contribution in [1.82, 2.24) is 15.1 Å². The highest BCUT2D eigenvalue weighted by Gasteiger charge is 2.25. The van der Waals surface area contributed by atoms with Gasteiger partial charge in [-0.3, -0.25) is 4.79 Å². The molecule has 1 amide bonds. The lowest BCUT2D eigenvalue weighted by Crippen LogP contribution is -2.47. The largest absolute Gasteiger partial charge is 0.487 e. The summed E-state index contributed by atoms with van der Waals surface area (Å²) in [5, 5.41) is 11.9. The molecule has 2 fully saturated rings. The van der Waals surface area contributed by atoms with Crippen molar-refractivity contribution < 1.29 is 28.2 Å². The van der Waals surface area contributed by atoms with Gasteiger partial charge < -0.3 is 24.7 Å². The Hall–Kier alpha value is -3.05. The molecule has 1 aromatic carbocycles. The summed E-state index contributed by atoms with van der Waals surface area (Å²) in [6.45, 7) is 14.3. The van der Waals surface area contributed by atoms with Crippen LogP contribution < -0.4 is 10.1 Å². The summed E-state index contributed by atoms with van der Waals surface area (Å²) in [6.07, 6.45) is 18.7. The summed E-state index contributed by atoms with van der Waals surface area (Å²) in [4.78, 5) is 29.0. The number of amides is 1. The first-order chi connectivity index (χ1) is 22.2. The van der Waals surface area contributed by atoms with Crippen molar-refractivity contribution in [2.75, 3.05) is 59.0 Å². The van der Waals surface area contributed by atoms with Crippen molar-refractivity contribution in [2.45, 2.75) is 91.4 Å². The summed E-state index contributed by atoms with van der Waals surface area (Å²) in [5.74, 6) is -1.40. The summed E-state index contributed by atoms with van der Waals surface area (Å²) in [7, 11) is 0. The van der Waals surface area contributed by atoms with E-state index in [9.17, 15) is 23.7 Å². The molecule has 1 heterocycles. The topological polar surface area (TPSA) is 97.2 Å². The standard InChI is InChI=1S/C11H12F2O.C11H22N4O4.C7H14.C6H12/c1-2-8-11(12,13)9-14-10-6-4-3-5-7-10;16-11-12-3-1-4-13-6-8-14(9-7-13)5-2-10-19-15(17)18;1-3-5-7-6-4-2;1-6-4-2-3-5-6/h2-8H,9H2,1H3;11H,1-10H2,(H,12,16);3,5H,4,6-7H2,1-2H3;6H,2-5H2,1H3/b8-2+;;5-3-;. The number of piperazine rings is 1. The first-order valence-electron chi connectivity index (χ1n) is 16.9. The third kappa shape index (κ3) is 27.3. The number of alkyl halides is 2. The van der Waals surface area contributed by atoms with Crippen LogP contribution in [0, 0.1) is 16.0 Å². The summed E-state index contributed by atoms with van der Waals surface area (Å²) >= 11 is 0. The van der Waals surface area contributed by atoms with Crippen LogP contribution in [0.3, 0.4) is 0 Å². The number of hydrogen-bond acceptors (Lipinski definition) is 7. The summed E-state index contributed by atoms with van der Waals surface area (Å²) < 4.78 is 30.7. The Morgan fingerprint density at radius 3 is 2.09 bits per heavy atom. The van der Waals surface area contributed by atoms with Gasteiger partial charge in [0.05, 0.1) is 6.61 Å². The van der Waals surface area contributed by atoms with Crippen LogP contribution >= 0.6 is 0 Å². The fourth-order valence-corrected chi connectivity index (χ4v) is 4.73. The van der Waals surface area contributed by atoms with E-state index in [1.54, 1.807) is 37.3 Å². The number of halogens is 2. The molecule has 2 aliphatic rings. The third-order valence-electron chi connectivity index (χ3n) is 7.35. The minimum absolute atomic E-state index is 0.171. The van der Waals surface area contributed by atoms with E-state index in [0.29, 0.717) is 12.2 Å². The monoisotopic (exact) mass is 654 g/mol. The number of para-hydroxylation sites is 1. The fraction of sp³-hybridized carbons (Fsp3) is 0.686. The second-order valence-corrected chi connectivity index (χ2v) is 11.5. The lowest BCUT2D eigenvalue weighted by atomic mass is 10.2. The molecule has 1 aliphatic carbocycles. The number of nitrogens with zero attached hydrogens (tertiary/aromatic N) is 3. The van der Waals surface area contributed by atoms with E-state index in [0.717, 1.165) is 70.6 Å². The van der Waals surface area contributed by atoms with Gasteiger partial charge in [0, 0.05) is 39.3 Å². The molecular weight excluding hydrogens is 594 g/mol. The van der Waals surface area contributed by atoms with Crippen molar-refractivity contribution in [3.05, 3.63) is 64.8 Å². The maximum Gasteiger partial charge on any atom is 0.299 e. The van der Waals surface area contributed by atoms with Gasteiger partial charge in [-0.1, -0.05) is 88.8 Å². The molecule has 11 heteroatoms. The van der Waals surface area contributed by atoms with Crippen molar-refractivity contribution in [1.29, 1.82) is 0 Å². The Morgan fingerprint density at radius 2 is 1.61 bits per heavy atom. The first-order valence-corrected chi connectivity index (χ1v) is 16.9. The lowest BCUT2D eigenvalue weighted by Gasteiger charge is -2.34. The molecule has 1 aliphatic heterocycles. The van der Waals surface area contributed by atoms with Gasteiger partial charge in [0.1, 0.15) is 5.75 Å². The van der Waals surface area contributed by atoms with E-state index in [2.05, 4.69) is 52.9 Å². The molecule has 46 heavy (non-hydrogen) atoms. The normalized spacial score (nSPS) is 15.6. The average molecular weight is 655 g/mol. The zero-order valence-corrected chi connectivity index (χ0v) is 28.7. The highest BCUT2D eigenvalue weighted by molar-refractivity contribution is 5.45. The quantitative estimate of drug-likeness (QED) is 0.0609. The van der Waals surface area contributed by atoms with Gasteiger partial charge in [0.2, 0.25) is 6.41 Å². The minimum Gasteiger partial charge on any atom is -0.487 e. The molecule has 0 radical (unpaired) electrons. The van der Waals surface area contributed by atoms with Crippen molar-refractivity contribution in [3.8, 4) is 5.75 Å². The predicted molar refractivity (Wildman–Crippen MR) is 183 cm³/mol. The van der Waals surface area contributed by atoms with Crippen LogP contribution in [-0.4, -0.2) is 86.2 Å². The summed E-state index contributed by atoms with van der Waals surface area (Å²) in [5.41, 5.74) is 0. The maximum atomic E-state index is 12.9. The number of hydrogen-bond donors (Lipinski definition) is 1. The van der Waals surface area contributed by atoms with E-state index < -0.39 is 17.6 Å². The number of ether oxygens (including phenoxy) is 1. The van der Waals surface area contributed by atoms with E-state index in [4.69, 9.17) is 4.74 Å². The maximum absolute atomic E-state index is 12.9. The molecule has 0 atom stereocenters. The van der Waals surface area contributed by atoms with Gasteiger partial charge in [-0.2, -0.15) is 8.78 Å². The van der Waals surface area contributed by atoms with Crippen LogP contribution in [0.5, 0.6) is 5.75 Å². The van der Waals surface area contributed by atoms with E-state index in [1.807, 2.05) is 0 Å². The number of benzene rings is 1. The van der Waals surface area contributed by atoms with Gasteiger partial charge in [0.25, 0.3) is 11.0 Å². The Labute approximate surface area is 276 Å². The molecule has 0 bridgehead atoms. The van der Waals surface area contributed by atoms with E-state index in [-0.39, 0.29) is 6.61 Å². The van der Waals surface area contributed by atoms with Gasteiger partial charge in [-0.05, 0) is 63.8 Å². The average Bonchev–Trinajstić information content (AvgIpc) is 3.53. The molecule has 1 saturated carbocycles. The van der Waals surface area contributed by atoms with Crippen LogP contribution in [0.15, 0.2) is 54.6 Å². The second-order valence-electron chi connectivity index (χ2n) is 11.5. The molecule has 0 unspecified atom stereocenters. The molecule has 1 saturated heterocycles. The van der Waals surface area contributed by atoms with Crippen LogP contribution in [0.25, 0.3) is 0 Å². The Balaban J connectivity index is 0.000000650. The van der Waals surface area contributed by atoms with Crippen LogP contribution in [0.1, 0.15) is 85.5 Å². The Morgan fingerprint density at radius 1 is 1.00 bits per heavy atom. The number of allylic oxidation sites excluding steroid dienone is 3. The molecule has 3 rings (SSSR count). The predicted octanol–water partition coefficient (Wildman–Crippen LogP) is 7.56. The van der Waals surface area contributed by atoms with Crippen molar-refractivity contribution >= 4 is 6.41 Å². The van der Waals surface area contributed by atoms with Gasteiger partial charge in [-0.25, -0.2) is 0 Å². The van der Waals surface area contributed by atoms with Crippen LogP contribution in [-0.2, 0) is 9.63 Å². The number of carbonyl (C=O) groups is 1. The Bertz CT molecular complexity index is 908. The molecule has 0 spiro atoms. The van der Waals surface area contributed by atoms with Crippen molar-refractivity contribution in [2.24, 2.45) is 5.92 Å². The highest BCUT2D eigenvalue weighted by atomic mass is 19.3. The summed E-state index contributed by atoms with van der Waals surface area (Å²) in [6, 6.07) is 8.57. The third-order valence-corrected chi connectivity index (χ3v) is 7.35. The zero-order valence-electron chi connectivity index (χ0n) is 28.7. The second kappa shape index (κ2) is 29.4. The molecular formula is C35H60F2N4O5. The van der Waals surface area contributed by atoms with Crippen LogP contribution in [0.4, 0.5) is 8.78 Å². The number of nitrogens with one attached hydrogen (secondary N) is 1. The molecule has 264 valence electrons. The van der Waals surface area contributed by atoms with Gasteiger partial charge >= 0.3 is 0 Å². The van der Waals surface area contributed by atoms with E-state index in [1.165, 1.54) is 51.0 Å². The first kappa shape index (κ1) is 43.0. The SMILES string of the molecule is C/C=C/C(F)(F)COc1ccccc1.C/C=C\CCCC.CC1CCCC1.O=CNCCCN1CCN(CCCO[N+](=O)[O-])CC1. The van der Waals surface area contributed by atoms with Crippen LogP contribution in [0.2, 0.25) is 0 Å². The molecule has 9 nitrogen and oxygen atoms in total. The molecule has 1 N–H and O–H groups in total. The van der Waals surface area contributed by atoms with Crippen molar-refractivity contribution in [3.63, 3.8) is 0 Å². The van der Waals surface area contributed by atoms with Gasteiger partial charge in [0.15, 0.2) is 6.61 Å². The zero-order chi connectivity index (χ0) is 34.3. The van der Waals surface area contributed by atoms with E-state index >= 15 is 0 Å². The number of rotatable bonds is 17. The molecule has 0 aromatic heterocycles. The Kier molecular flexibility index (Phi) is 27.4. The minimum atomic E-state index is -2.90. The lowest BCUT2D eigenvalue weighted by molar-refractivity contribution is -0.757.